The van der Waals surface area contributed by atoms with Crippen molar-refractivity contribution in [2.24, 2.45) is 11.3 Å². The van der Waals surface area contributed by atoms with Crippen LogP contribution in [0.2, 0.25) is 0 Å². The summed E-state index contributed by atoms with van der Waals surface area (Å²) in [4.78, 5) is 14.2. The van der Waals surface area contributed by atoms with Gasteiger partial charge in [0, 0.05) is 5.92 Å². The molecule has 3 aliphatic rings. The lowest BCUT2D eigenvalue weighted by atomic mass is 9.67. The molecule has 3 atom stereocenters. The number of carbonyl (C=O) groups is 1. The quantitative estimate of drug-likeness (QED) is 0.728. The number of benzene rings is 1. The van der Waals surface area contributed by atoms with E-state index in [4.69, 9.17) is 9.47 Å². The number of allylic oxidation sites excluding steroid dienone is 1. The summed E-state index contributed by atoms with van der Waals surface area (Å²) in [6.45, 7) is 2.78. The summed E-state index contributed by atoms with van der Waals surface area (Å²) in [6.07, 6.45) is 9.76. The predicted molar refractivity (Wildman–Crippen MR) is 106 cm³/mol. The average molecular weight is 367 g/mol. The molecule has 0 saturated heterocycles. The molecular formula is C23H29NO3. The van der Waals surface area contributed by atoms with E-state index in [9.17, 15) is 4.79 Å². The number of ether oxygens (including phenoxy) is 2. The van der Waals surface area contributed by atoms with Crippen molar-refractivity contribution in [1.29, 1.82) is 0 Å². The van der Waals surface area contributed by atoms with Gasteiger partial charge in [-0.2, -0.15) is 0 Å². The third kappa shape index (κ3) is 2.42. The first-order valence-electron chi connectivity index (χ1n) is 9.95. The Morgan fingerprint density at radius 2 is 1.93 bits per heavy atom. The van der Waals surface area contributed by atoms with Gasteiger partial charge in [-0.1, -0.05) is 31.1 Å². The van der Waals surface area contributed by atoms with Crippen LogP contribution < -0.4 is 0 Å². The van der Waals surface area contributed by atoms with Crippen LogP contribution in [0.1, 0.15) is 48.5 Å². The van der Waals surface area contributed by atoms with Crippen molar-refractivity contribution in [1.82, 2.24) is 4.90 Å². The van der Waals surface area contributed by atoms with Crippen molar-refractivity contribution in [2.75, 3.05) is 27.8 Å². The lowest BCUT2D eigenvalue weighted by Gasteiger charge is -2.43. The first-order chi connectivity index (χ1) is 13.0. The van der Waals surface area contributed by atoms with Crippen molar-refractivity contribution in [2.45, 2.75) is 38.1 Å². The highest BCUT2D eigenvalue weighted by Crippen LogP contribution is 2.67. The lowest BCUT2D eigenvalue weighted by Crippen LogP contribution is -2.48. The summed E-state index contributed by atoms with van der Waals surface area (Å²) in [5.74, 6) is 1.39. The summed E-state index contributed by atoms with van der Waals surface area (Å²) in [6, 6.07) is 7.85. The van der Waals surface area contributed by atoms with Crippen molar-refractivity contribution in [3.63, 3.8) is 0 Å². The van der Waals surface area contributed by atoms with Crippen molar-refractivity contribution in [3.8, 4) is 0 Å². The van der Waals surface area contributed by atoms with Gasteiger partial charge >= 0.3 is 5.97 Å². The van der Waals surface area contributed by atoms with Gasteiger partial charge in [-0.15, -0.1) is 0 Å². The average Bonchev–Trinajstić information content (AvgIpc) is 3.15. The molecule has 4 rings (SSSR count). The Morgan fingerprint density at radius 3 is 2.56 bits per heavy atom. The molecule has 2 bridgehead atoms. The number of hydrogen-bond donors (Lipinski definition) is 0. The molecular weight excluding hydrogens is 338 g/mol. The molecule has 0 radical (unpaired) electrons. The van der Waals surface area contributed by atoms with Gasteiger partial charge in [0.1, 0.15) is 5.76 Å². The van der Waals surface area contributed by atoms with Crippen LogP contribution in [-0.4, -0.2) is 44.2 Å². The molecule has 4 nitrogen and oxygen atoms in total. The SMILES string of the molecule is CCOC1=C[C@@]2(N(C)C)C(c3ccc(C(=O)OC)cc3)=C[C@@]13CCCC[C@H]32. The fourth-order valence-corrected chi connectivity index (χ4v) is 5.65. The van der Waals surface area contributed by atoms with Crippen LogP contribution in [0.15, 0.2) is 42.2 Å². The zero-order valence-corrected chi connectivity index (χ0v) is 16.7. The standard InChI is InChI=1S/C23H29NO3/c1-5-27-20-15-23(24(2)3)18(14-22(20)13-7-6-8-19(22)23)16-9-11-17(12-10-16)21(25)26-4/h9-12,14-15,19H,5-8,13H2,1-4H3/t19-,22-,23-/m1/s1. The van der Waals surface area contributed by atoms with Gasteiger partial charge < -0.3 is 9.47 Å². The van der Waals surface area contributed by atoms with Gasteiger partial charge in [0.05, 0.1) is 30.2 Å². The van der Waals surface area contributed by atoms with Crippen LogP contribution in [0, 0.1) is 11.3 Å². The van der Waals surface area contributed by atoms with E-state index in [1.54, 1.807) is 0 Å². The summed E-state index contributed by atoms with van der Waals surface area (Å²) in [5, 5.41) is 0. The first-order valence-corrected chi connectivity index (χ1v) is 9.95. The van der Waals surface area contributed by atoms with E-state index in [0.717, 1.165) is 6.42 Å². The van der Waals surface area contributed by atoms with Crippen LogP contribution in [0.25, 0.3) is 5.57 Å². The molecule has 27 heavy (non-hydrogen) atoms. The van der Waals surface area contributed by atoms with Crippen LogP contribution in [-0.2, 0) is 9.47 Å². The molecule has 0 N–H and O–H groups in total. The summed E-state index contributed by atoms with van der Waals surface area (Å²) in [7, 11) is 5.76. The van der Waals surface area contributed by atoms with Crippen LogP contribution in [0.3, 0.4) is 0 Å². The Morgan fingerprint density at radius 1 is 1.19 bits per heavy atom. The van der Waals surface area contributed by atoms with Crippen molar-refractivity contribution < 1.29 is 14.3 Å². The number of likely N-dealkylation sites (N-methyl/N-ethyl adjacent to an activating group) is 1. The normalized spacial score (nSPS) is 31.4. The van der Waals surface area contributed by atoms with Gasteiger partial charge in [-0.05, 0) is 63.2 Å². The Bertz CT molecular complexity index is 807. The van der Waals surface area contributed by atoms with Gasteiger partial charge in [0.2, 0.25) is 0 Å². The molecule has 0 spiro atoms. The van der Waals surface area contributed by atoms with E-state index < -0.39 is 0 Å². The maximum Gasteiger partial charge on any atom is 0.337 e. The number of methoxy groups -OCH3 is 1. The zero-order chi connectivity index (χ0) is 19.2. The highest BCUT2D eigenvalue weighted by molar-refractivity contribution is 5.90. The number of esters is 1. The molecule has 0 heterocycles. The summed E-state index contributed by atoms with van der Waals surface area (Å²) >= 11 is 0. The van der Waals surface area contributed by atoms with E-state index in [1.165, 1.54) is 43.3 Å². The zero-order valence-electron chi connectivity index (χ0n) is 16.7. The van der Waals surface area contributed by atoms with Gasteiger partial charge in [-0.25, -0.2) is 4.79 Å². The van der Waals surface area contributed by atoms with E-state index in [1.807, 2.05) is 12.1 Å². The van der Waals surface area contributed by atoms with E-state index in [2.05, 4.69) is 50.2 Å². The Labute approximate surface area is 161 Å². The van der Waals surface area contributed by atoms with Gasteiger partial charge in [-0.3, -0.25) is 4.90 Å². The Kier molecular flexibility index (Phi) is 4.42. The van der Waals surface area contributed by atoms with Crippen molar-refractivity contribution in [3.05, 3.63) is 53.3 Å². The molecule has 0 aliphatic heterocycles. The van der Waals surface area contributed by atoms with E-state index >= 15 is 0 Å². The number of hydrogen-bond acceptors (Lipinski definition) is 4. The third-order valence-electron chi connectivity index (χ3n) is 6.79. The topological polar surface area (TPSA) is 38.8 Å². The smallest absolute Gasteiger partial charge is 0.337 e. The number of nitrogens with zero attached hydrogens (tertiary/aromatic N) is 1. The molecule has 1 saturated carbocycles. The monoisotopic (exact) mass is 367 g/mol. The van der Waals surface area contributed by atoms with Crippen LogP contribution in [0.4, 0.5) is 0 Å². The lowest BCUT2D eigenvalue weighted by molar-refractivity contribution is 0.0600. The molecule has 144 valence electrons. The Balaban J connectivity index is 1.81. The molecule has 0 aromatic heterocycles. The van der Waals surface area contributed by atoms with Crippen molar-refractivity contribution >= 4 is 11.5 Å². The second kappa shape index (κ2) is 6.52. The predicted octanol–water partition coefficient (Wildman–Crippen LogP) is 4.28. The number of carbonyl (C=O) groups excluding carboxylic acids is 1. The fourth-order valence-electron chi connectivity index (χ4n) is 5.65. The fraction of sp³-hybridized carbons (Fsp3) is 0.522. The molecule has 3 aliphatic carbocycles. The van der Waals surface area contributed by atoms with E-state index in [0.29, 0.717) is 18.1 Å². The molecule has 4 heteroatoms. The summed E-state index contributed by atoms with van der Waals surface area (Å²) < 4.78 is 11.0. The molecule has 1 aromatic rings. The Hall–Kier alpha value is -2.07. The minimum atomic E-state index is -0.295. The minimum Gasteiger partial charge on any atom is -0.498 e. The highest BCUT2D eigenvalue weighted by atomic mass is 16.5. The largest absolute Gasteiger partial charge is 0.498 e. The first kappa shape index (κ1) is 18.3. The minimum absolute atomic E-state index is 0.0227. The maximum absolute atomic E-state index is 11.8. The molecule has 1 aromatic carbocycles. The second-order valence-corrected chi connectivity index (χ2v) is 8.13. The second-order valence-electron chi connectivity index (χ2n) is 8.13. The molecule has 0 amide bonds. The molecule has 0 unspecified atom stereocenters. The summed E-state index contributed by atoms with van der Waals surface area (Å²) in [5.41, 5.74) is 2.99. The van der Waals surface area contributed by atoms with E-state index in [-0.39, 0.29) is 16.9 Å². The van der Waals surface area contributed by atoms with Gasteiger partial charge in [0.25, 0.3) is 0 Å². The third-order valence-corrected chi connectivity index (χ3v) is 6.79. The molecule has 1 fully saturated rings. The number of rotatable bonds is 5. The highest BCUT2D eigenvalue weighted by Gasteiger charge is 2.65. The maximum atomic E-state index is 11.8. The van der Waals surface area contributed by atoms with Gasteiger partial charge in [0.15, 0.2) is 0 Å². The van der Waals surface area contributed by atoms with Crippen LogP contribution in [0.5, 0.6) is 0 Å². The van der Waals surface area contributed by atoms with Crippen LogP contribution >= 0.6 is 0 Å².